The Morgan fingerprint density at radius 3 is 1.74 bits per heavy atom. The van der Waals surface area contributed by atoms with E-state index >= 15 is 0 Å². The van der Waals surface area contributed by atoms with Crippen molar-refractivity contribution in [1.82, 2.24) is 0 Å². The van der Waals surface area contributed by atoms with E-state index in [1.54, 1.807) is 11.1 Å². The lowest BCUT2D eigenvalue weighted by molar-refractivity contribution is 0.119. The highest BCUT2D eigenvalue weighted by Gasteiger charge is 2.33. The molecule has 1 aromatic carbocycles. The van der Waals surface area contributed by atoms with E-state index in [0.29, 0.717) is 0 Å². The number of benzene rings is 1. The molecule has 2 atom stereocenters. The molecule has 3 saturated carbocycles. The normalized spacial score (nSPS) is 33.8. The minimum absolute atomic E-state index is 0.731. The van der Waals surface area contributed by atoms with E-state index in [1.807, 2.05) is 0 Å². The molecule has 3 fully saturated rings. The number of rotatable bonds is 10. The molecule has 198 valence electrons. The zero-order valence-corrected chi connectivity index (χ0v) is 23.9. The molecular formula is C35H58. The van der Waals surface area contributed by atoms with Crippen LogP contribution in [0.1, 0.15) is 160 Å². The summed E-state index contributed by atoms with van der Waals surface area (Å²) in [6.45, 7) is 9.86. The van der Waals surface area contributed by atoms with Crippen LogP contribution >= 0.6 is 0 Å². The molecule has 0 saturated heterocycles. The third-order valence-corrected chi connectivity index (χ3v) is 11.5. The molecule has 3 aliphatic carbocycles. The molecule has 4 rings (SSSR count). The Bertz CT molecular complexity index is 692. The predicted octanol–water partition coefficient (Wildman–Crippen LogP) is 11.3. The molecule has 0 spiro atoms. The van der Waals surface area contributed by atoms with Gasteiger partial charge in [0, 0.05) is 0 Å². The second-order valence-corrected chi connectivity index (χ2v) is 13.4. The van der Waals surface area contributed by atoms with Gasteiger partial charge < -0.3 is 0 Å². The maximum atomic E-state index is 2.61. The molecule has 3 aliphatic rings. The van der Waals surface area contributed by atoms with Crippen LogP contribution in [0.4, 0.5) is 0 Å². The van der Waals surface area contributed by atoms with Crippen LogP contribution in [0.15, 0.2) is 24.3 Å². The zero-order valence-electron chi connectivity index (χ0n) is 23.9. The molecule has 0 amide bonds. The van der Waals surface area contributed by atoms with Crippen molar-refractivity contribution >= 4 is 0 Å². The topological polar surface area (TPSA) is 0 Å². The molecule has 2 unspecified atom stereocenters. The maximum Gasteiger partial charge on any atom is -0.0162 e. The average Bonchev–Trinajstić information content (AvgIpc) is 2.93. The molecule has 0 nitrogen and oxygen atoms in total. The largest absolute Gasteiger partial charge is 0.0654 e. The van der Waals surface area contributed by atoms with Crippen LogP contribution in [0.3, 0.4) is 0 Å². The zero-order chi connectivity index (χ0) is 24.6. The van der Waals surface area contributed by atoms with E-state index in [0.717, 1.165) is 47.3 Å². The molecular weight excluding hydrogens is 420 g/mol. The highest BCUT2D eigenvalue weighted by atomic mass is 14.4. The van der Waals surface area contributed by atoms with Gasteiger partial charge in [0.1, 0.15) is 0 Å². The summed E-state index contributed by atoms with van der Waals surface area (Å²) in [6.07, 6.45) is 24.9. The van der Waals surface area contributed by atoms with Crippen LogP contribution in [0.5, 0.6) is 0 Å². The van der Waals surface area contributed by atoms with Crippen LogP contribution in [-0.4, -0.2) is 0 Å². The fourth-order valence-electron chi connectivity index (χ4n) is 8.49. The first kappa shape index (κ1) is 27.3. The van der Waals surface area contributed by atoms with Crippen LogP contribution < -0.4 is 0 Å². The van der Waals surface area contributed by atoms with Crippen molar-refractivity contribution in [2.24, 2.45) is 35.5 Å². The van der Waals surface area contributed by atoms with E-state index in [2.05, 4.69) is 52.0 Å². The van der Waals surface area contributed by atoms with E-state index in [1.165, 1.54) is 109 Å². The fourth-order valence-corrected chi connectivity index (χ4v) is 8.49. The molecule has 1 aromatic rings. The van der Waals surface area contributed by atoms with Crippen molar-refractivity contribution in [3.05, 3.63) is 35.4 Å². The molecule has 0 N–H and O–H groups in total. The average molecular weight is 479 g/mol. The van der Waals surface area contributed by atoms with Gasteiger partial charge in [-0.1, -0.05) is 96.9 Å². The first-order valence-corrected chi connectivity index (χ1v) is 16.2. The van der Waals surface area contributed by atoms with Gasteiger partial charge in [-0.25, -0.2) is 0 Å². The minimum Gasteiger partial charge on any atom is -0.0654 e. The summed E-state index contributed by atoms with van der Waals surface area (Å²) < 4.78 is 0. The second-order valence-electron chi connectivity index (χ2n) is 13.4. The molecule has 0 radical (unpaired) electrons. The smallest absolute Gasteiger partial charge is 0.0162 e. The Morgan fingerprint density at radius 2 is 1.17 bits per heavy atom. The summed E-state index contributed by atoms with van der Waals surface area (Å²) in [5.41, 5.74) is 3.24. The lowest BCUT2D eigenvalue weighted by Crippen LogP contribution is -2.29. The molecule has 35 heavy (non-hydrogen) atoms. The maximum absolute atomic E-state index is 2.61. The lowest BCUT2D eigenvalue weighted by Gasteiger charge is -2.40. The van der Waals surface area contributed by atoms with Crippen LogP contribution in [0.2, 0.25) is 0 Å². The Labute approximate surface area is 219 Å². The van der Waals surface area contributed by atoms with Crippen LogP contribution in [0.25, 0.3) is 0 Å². The van der Waals surface area contributed by atoms with Gasteiger partial charge in [-0.3, -0.25) is 0 Å². The van der Waals surface area contributed by atoms with Crippen LogP contribution in [0, 0.1) is 35.5 Å². The van der Waals surface area contributed by atoms with Gasteiger partial charge in [0.15, 0.2) is 0 Å². The summed E-state index contributed by atoms with van der Waals surface area (Å²) in [5, 5.41) is 0. The Balaban J connectivity index is 1.21. The van der Waals surface area contributed by atoms with E-state index in [9.17, 15) is 0 Å². The van der Waals surface area contributed by atoms with Gasteiger partial charge >= 0.3 is 0 Å². The summed E-state index contributed by atoms with van der Waals surface area (Å²) in [5.74, 6) is 7.50. The Hall–Kier alpha value is -0.780. The van der Waals surface area contributed by atoms with Gasteiger partial charge in [-0.05, 0) is 123 Å². The third kappa shape index (κ3) is 7.38. The van der Waals surface area contributed by atoms with Crippen molar-refractivity contribution in [3.8, 4) is 0 Å². The van der Waals surface area contributed by atoms with Gasteiger partial charge in [0.2, 0.25) is 0 Å². The standard InChI is InChI=1S/C35H58/c1-5-7-8-9-29-12-16-34(17-13-29)35-24-22-33(23-25-35)27(4)32-20-18-31(19-21-32)26(3)30-14-10-28(6-2)11-15-30/h22-32,34H,5-21H2,1-4H3. The summed E-state index contributed by atoms with van der Waals surface area (Å²) >= 11 is 0. The quantitative estimate of drug-likeness (QED) is 0.293. The Kier molecular flexibility index (Phi) is 10.7. The van der Waals surface area contributed by atoms with Crippen LogP contribution in [-0.2, 0) is 0 Å². The predicted molar refractivity (Wildman–Crippen MR) is 154 cm³/mol. The number of unbranched alkanes of at least 4 members (excludes halogenated alkanes) is 2. The van der Waals surface area contributed by atoms with Crippen molar-refractivity contribution in [2.45, 2.75) is 149 Å². The highest BCUT2D eigenvalue weighted by molar-refractivity contribution is 5.28. The van der Waals surface area contributed by atoms with E-state index in [-0.39, 0.29) is 0 Å². The Morgan fingerprint density at radius 1 is 0.629 bits per heavy atom. The van der Waals surface area contributed by atoms with Crippen molar-refractivity contribution in [2.75, 3.05) is 0 Å². The second kappa shape index (κ2) is 13.7. The minimum atomic E-state index is 0.731. The van der Waals surface area contributed by atoms with Gasteiger partial charge in [-0.2, -0.15) is 0 Å². The number of hydrogen-bond donors (Lipinski definition) is 0. The van der Waals surface area contributed by atoms with Gasteiger partial charge in [0.25, 0.3) is 0 Å². The molecule has 0 bridgehead atoms. The monoisotopic (exact) mass is 478 g/mol. The number of hydrogen-bond acceptors (Lipinski definition) is 0. The molecule has 0 aromatic heterocycles. The summed E-state index contributed by atoms with van der Waals surface area (Å²) in [4.78, 5) is 0. The van der Waals surface area contributed by atoms with Crippen molar-refractivity contribution in [3.63, 3.8) is 0 Å². The SMILES string of the molecule is CCCCCC1CCC(c2ccc(C(C)C3CCC(C(C)C4CCC(CC)CC4)CC3)cc2)CC1. The third-order valence-electron chi connectivity index (χ3n) is 11.5. The van der Waals surface area contributed by atoms with Gasteiger partial charge in [0.05, 0.1) is 0 Å². The summed E-state index contributed by atoms with van der Waals surface area (Å²) in [7, 11) is 0. The van der Waals surface area contributed by atoms with Gasteiger partial charge in [-0.15, -0.1) is 0 Å². The summed E-state index contributed by atoms with van der Waals surface area (Å²) in [6, 6.07) is 10.0. The molecule has 0 heterocycles. The van der Waals surface area contributed by atoms with E-state index < -0.39 is 0 Å². The first-order chi connectivity index (χ1) is 17.1. The molecule has 0 aliphatic heterocycles. The highest BCUT2D eigenvalue weighted by Crippen LogP contribution is 2.45. The van der Waals surface area contributed by atoms with Crippen molar-refractivity contribution in [1.29, 1.82) is 0 Å². The fraction of sp³-hybridized carbons (Fsp3) is 0.829. The molecule has 0 heteroatoms. The first-order valence-electron chi connectivity index (χ1n) is 16.2. The van der Waals surface area contributed by atoms with E-state index in [4.69, 9.17) is 0 Å². The lowest BCUT2D eigenvalue weighted by atomic mass is 9.65. The van der Waals surface area contributed by atoms with Crippen molar-refractivity contribution < 1.29 is 0 Å².